The van der Waals surface area contributed by atoms with Crippen LogP contribution < -0.4 is 9.47 Å². The fourth-order valence-corrected chi connectivity index (χ4v) is 3.73. The molecule has 6 heteroatoms. The summed E-state index contributed by atoms with van der Waals surface area (Å²) in [7, 11) is 3.22. The van der Waals surface area contributed by atoms with Gasteiger partial charge >= 0.3 is 0 Å². The van der Waals surface area contributed by atoms with Crippen LogP contribution in [0.5, 0.6) is 11.5 Å². The number of hydrogen-bond donors (Lipinski definition) is 2. The Balaban J connectivity index is 1.73. The Morgan fingerprint density at radius 3 is 1.62 bits per heavy atom. The van der Waals surface area contributed by atoms with E-state index in [9.17, 15) is 10.2 Å². The lowest BCUT2D eigenvalue weighted by atomic mass is 9.94. The minimum Gasteiger partial charge on any atom is -0.497 e. The first-order valence-corrected chi connectivity index (χ1v) is 9.79. The molecular weight excluding hydrogens is 372 g/mol. The molecule has 1 saturated heterocycles. The number of methoxy groups -OCH3 is 2. The van der Waals surface area contributed by atoms with Crippen LogP contribution in [0.1, 0.15) is 25.0 Å². The van der Waals surface area contributed by atoms with Gasteiger partial charge in [0.25, 0.3) is 0 Å². The molecule has 158 valence electrons. The molecule has 0 radical (unpaired) electrons. The van der Waals surface area contributed by atoms with Crippen molar-refractivity contribution in [2.45, 2.75) is 56.9 Å². The molecule has 1 aliphatic rings. The lowest BCUT2D eigenvalue weighted by Crippen LogP contribution is -2.44. The molecule has 1 heterocycles. The van der Waals surface area contributed by atoms with Gasteiger partial charge < -0.3 is 29.2 Å². The van der Waals surface area contributed by atoms with Gasteiger partial charge in [-0.05, 0) is 49.2 Å². The van der Waals surface area contributed by atoms with Gasteiger partial charge in [0.2, 0.25) is 0 Å². The van der Waals surface area contributed by atoms with Gasteiger partial charge in [0, 0.05) is 12.8 Å². The first-order valence-electron chi connectivity index (χ1n) is 9.79. The van der Waals surface area contributed by atoms with Crippen LogP contribution in [0.2, 0.25) is 0 Å². The van der Waals surface area contributed by atoms with E-state index in [1.165, 1.54) is 0 Å². The molecular formula is C23H30O6. The molecule has 4 atom stereocenters. The van der Waals surface area contributed by atoms with Gasteiger partial charge in [0.05, 0.1) is 26.4 Å². The highest BCUT2D eigenvalue weighted by molar-refractivity contribution is 5.30. The molecule has 0 unspecified atom stereocenters. The summed E-state index contributed by atoms with van der Waals surface area (Å²) >= 11 is 0. The van der Waals surface area contributed by atoms with E-state index in [-0.39, 0.29) is 0 Å². The van der Waals surface area contributed by atoms with Gasteiger partial charge in [-0.3, -0.25) is 0 Å². The predicted molar refractivity (Wildman–Crippen MR) is 109 cm³/mol. The van der Waals surface area contributed by atoms with Crippen molar-refractivity contribution in [1.29, 1.82) is 0 Å². The van der Waals surface area contributed by atoms with E-state index in [1.807, 2.05) is 48.5 Å². The molecule has 0 aromatic heterocycles. The Hall–Kier alpha value is -2.12. The van der Waals surface area contributed by atoms with Crippen molar-refractivity contribution < 1.29 is 29.2 Å². The maximum Gasteiger partial charge on any atom is 0.164 e. The van der Waals surface area contributed by atoms with Gasteiger partial charge in [-0.15, -0.1) is 0 Å². The minimum absolute atomic E-state index is 0.365. The van der Waals surface area contributed by atoms with Crippen LogP contribution in [0, 0.1) is 0 Å². The van der Waals surface area contributed by atoms with Crippen LogP contribution >= 0.6 is 0 Å². The average Bonchev–Trinajstić information content (AvgIpc) is 3.04. The zero-order valence-electron chi connectivity index (χ0n) is 17.4. The molecule has 2 aromatic carbocycles. The molecule has 1 aliphatic heterocycles. The number of rotatable bonds is 8. The molecule has 1 fully saturated rings. The summed E-state index contributed by atoms with van der Waals surface area (Å²) in [6, 6.07) is 15.1. The summed E-state index contributed by atoms with van der Waals surface area (Å²) in [5.74, 6) is 0.571. The summed E-state index contributed by atoms with van der Waals surface area (Å²) in [6.07, 6.45) is -2.26. The largest absolute Gasteiger partial charge is 0.497 e. The van der Waals surface area contributed by atoms with Crippen LogP contribution in [0.4, 0.5) is 0 Å². The van der Waals surface area contributed by atoms with Crippen LogP contribution in [0.3, 0.4) is 0 Å². The van der Waals surface area contributed by atoms with Crippen molar-refractivity contribution in [1.82, 2.24) is 0 Å². The third-order valence-electron chi connectivity index (χ3n) is 5.08. The van der Waals surface area contributed by atoms with Crippen LogP contribution in [-0.4, -0.2) is 54.6 Å². The van der Waals surface area contributed by atoms with Crippen molar-refractivity contribution in [3.8, 4) is 11.5 Å². The number of aliphatic hydroxyl groups excluding tert-OH is 2. The van der Waals surface area contributed by atoms with Crippen LogP contribution in [-0.2, 0) is 22.3 Å². The van der Waals surface area contributed by atoms with Crippen molar-refractivity contribution in [2.24, 2.45) is 0 Å². The molecule has 0 aliphatic carbocycles. The second-order valence-corrected chi connectivity index (χ2v) is 7.81. The normalized spacial score (nSPS) is 22.8. The van der Waals surface area contributed by atoms with E-state index < -0.39 is 30.2 Å². The highest BCUT2D eigenvalue weighted by atomic mass is 16.8. The van der Waals surface area contributed by atoms with E-state index in [0.29, 0.717) is 12.8 Å². The van der Waals surface area contributed by atoms with Gasteiger partial charge in [-0.2, -0.15) is 0 Å². The summed E-state index contributed by atoms with van der Waals surface area (Å²) in [4.78, 5) is 0. The highest BCUT2D eigenvalue weighted by Crippen LogP contribution is 2.34. The Labute approximate surface area is 172 Å². The number of aliphatic hydroxyl groups is 2. The molecule has 3 rings (SSSR count). The molecule has 0 saturated carbocycles. The topological polar surface area (TPSA) is 77.4 Å². The van der Waals surface area contributed by atoms with E-state index in [1.54, 1.807) is 28.1 Å². The van der Waals surface area contributed by atoms with Crippen LogP contribution in [0.25, 0.3) is 0 Å². The van der Waals surface area contributed by atoms with Gasteiger partial charge in [0.1, 0.15) is 23.7 Å². The molecule has 0 spiro atoms. The molecule has 6 nitrogen and oxygen atoms in total. The highest BCUT2D eigenvalue weighted by Gasteiger charge is 2.47. The number of hydrogen-bond acceptors (Lipinski definition) is 6. The monoisotopic (exact) mass is 402 g/mol. The maximum atomic E-state index is 10.9. The van der Waals surface area contributed by atoms with Crippen LogP contribution in [0.15, 0.2) is 48.5 Å². The average molecular weight is 402 g/mol. The lowest BCUT2D eigenvalue weighted by molar-refractivity contribution is -0.160. The summed E-state index contributed by atoms with van der Waals surface area (Å²) < 4.78 is 22.4. The second kappa shape index (κ2) is 9.13. The van der Waals surface area contributed by atoms with Crippen molar-refractivity contribution in [3.63, 3.8) is 0 Å². The van der Waals surface area contributed by atoms with Gasteiger partial charge in [-0.25, -0.2) is 0 Å². The number of ether oxygens (including phenoxy) is 4. The Morgan fingerprint density at radius 2 is 1.24 bits per heavy atom. The third-order valence-corrected chi connectivity index (χ3v) is 5.08. The fourth-order valence-electron chi connectivity index (χ4n) is 3.73. The SMILES string of the molecule is COc1cccc(C[C@H](O)[C@@H]2OC(C)(C)O[C@H]2[C@@H](O)Cc2cccc(OC)c2)c1. The summed E-state index contributed by atoms with van der Waals surface area (Å²) in [6.45, 7) is 3.58. The Kier molecular flexibility index (Phi) is 6.80. The molecule has 0 amide bonds. The summed E-state index contributed by atoms with van der Waals surface area (Å²) in [5.41, 5.74) is 1.84. The van der Waals surface area contributed by atoms with Crippen molar-refractivity contribution >= 4 is 0 Å². The van der Waals surface area contributed by atoms with Gasteiger partial charge in [0.15, 0.2) is 5.79 Å². The third kappa shape index (κ3) is 5.48. The zero-order chi connectivity index (χ0) is 21.0. The van der Waals surface area contributed by atoms with E-state index >= 15 is 0 Å². The quantitative estimate of drug-likeness (QED) is 0.707. The van der Waals surface area contributed by atoms with E-state index in [2.05, 4.69) is 0 Å². The molecule has 0 bridgehead atoms. The van der Waals surface area contributed by atoms with Crippen molar-refractivity contribution in [2.75, 3.05) is 14.2 Å². The smallest absolute Gasteiger partial charge is 0.164 e. The molecule has 29 heavy (non-hydrogen) atoms. The van der Waals surface area contributed by atoms with Gasteiger partial charge in [-0.1, -0.05) is 24.3 Å². The molecule has 2 N–H and O–H groups in total. The first kappa shape index (κ1) is 21.6. The van der Waals surface area contributed by atoms with E-state index in [4.69, 9.17) is 18.9 Å². The Bertz CT molecular complexity index is 740. The fraction of sp³-hybridized carbons (Fsp3) is 0.478. The zero-order valence-corrected chi connectivity index (χ0v) is 17.4. The lowest BCUT2D eigenvalue weighted by Gasteiger charge is -2.26. The second-order valence-electron chi connectivity index (χ2n) is 7.81. The first-order chi connectivity index (χ1) is 13.8. The maximum absolute atomic E-state index is 10.9. The van der Waals surface area contributed by atoms with E-state index in [0.717, 1.165) is 22.6 Å². The molecule has 2 aromatic rings. The standard InChI is InChI=1S/C23H30O6/c1-23(2)28-21(19(24)13-15-7-5-9-17(11-15)26-3)22(29-23)20(25)14-16-8-6-10-18(12-16)27-4/h5-12,19-22,24-25H,13-14H2,1-4H3/t19-,20-,21-,22-/m0/s1. The predicted octanol–water partition coefficient (Wildman–Crippen LogP) is 2.73. The Morgan fingerprint density at radius 1 is 0.828 bits per heavy atom. The summed E-state index contributed by atoms with van der Waals surface area (Å²) in [5, 5.41) is 21.8. The number of benzene rings is 2. The van der Waals surface area contributed by atoms with Crippen molar-refractivity contribution in [3.05, 3.63) is 59.7 Å². The minimum atomic E-state index is -0.889.